The van der Waals surface area contributed by atoms with Crippen LogP contribution in [0.1, 0.15) is 24.0 Å². The van der Waals surface area contributed by atoms with Crippen LogP contribution in [0, 0.1) is 18.6 Å². The van der Waals surface area contributed by atoms with Gasteiger partial charge in [-0.15, -0.1) is 0 Å². The van der Waals surface area contributed by atoms with Gasteiger partial charge in [0.2, 0.25) is 0 Å². The molecule has 0 aromatic heterocycles. The lowest BCUT2D eigenvalue weighted by atomic mass is 10.0. The van der Waals surface area contributed by atoms with E-state index in [0.717, 1.165) is 18.4 Å². The number of rotatable bonds is 1. The molecule has 0 radical (unpaired) electrons. The van der Waals surface area contributed by atoms with Crippen LogP contribution in [0.3, 0.4) is 0 Å². The molecule has 0 saturated carbocycles. The van der Waals surface area contributed by atoms with Crippen molar-refractivity contribution in [3.63, 3.8) is 0 Å². The van der Waals surface area contributed by atoms with Gasteiger partial charge in [-0.2, -0.15) is 0 Å². The van der Waals surface area contributed by atoms with Crippen molar-refractivity contribution in [2.75, 3.05) is 0 Å². The molecule has 2 N–H and O–H groups in total. The van der Waals surface area contributed by atoms with Gasteiger partial charge in [-0.05, 0) is 30.9 Å². The highest BCUT2D eigenvalue weighted by molar-refractivity contribution is 5.69. The van der Waals surface area contributed by atoms with E-state index >= 15 is 0 Å². The molecule has 80 valence electrons. The van der Waals surface area contributed by atoms with Gasteiger partial charge < -0.3 is 5.73 Å². The van der Waals surface area contributed by atoms with Crippen molar-refractivity contribution in [1.29, 1.82) is 0 Å². The average Bonchev–Trinajstić information content (AvgIpc) is 2.61. The summed E-state index contributed by atoms with van der Waals surface area (Å²) in [5.41, 5.74) is 7.19. The van der Waals surface area contributed by atoms with E-state index in [1.807, 2.05) is 6.08 Å². The third-order valence-corrected chi connectivity index (χ3v) is 2.78. The van der Waals surface area contributed by atoms with E-state index in [0.29, 0.717) is 11.1 Å². The Morgan fingerprint density at radius 1 is 1.27 bits per heavy atom. The Hall–Kier alpha value is -1.22. The molecule has 1 aromatic rings. The van der Waals surface area contributed by atoms with E-state index in [1.165, 1.54) is 0 Å². The third kappa shape index (κ3) is 1.79. The number of benzene rings is 1. The average molecular weight is 209 g/mol. The Morgan fingerprint density at radius 2 is 2.00 bits per heavy atom. The van der Waals surface area contributed by atoms with Crippen molar-refractivity contribution in [2.45, 2.75) is 25.8 Å². The molecule has 15 heavy (non-hydrogen) atoms. The largest absolute Gasteiger partial charge is 0.324 e. The molecule has 3 heteroatoms. The summed E-state index contributed by atoms with van der Waals surface area (Å²) in [7, 11) is 0. The van der Waals surface area contributed by atoms with Crippen LogP contribution in [0.5, 0.6) is 0 Å². The van der Waals surface area contributed by atoms with Crippen molar-refractivity contribution in [3.05, 3.63) is 41.0 Å². The van der Waals surface area contributed by atoms with Crippen molar-refractivity contribution < 1.29 is 8.78 Å². The topological polar surface area (TPSA) is 26.0 Å². The second-order valence-electron chi connectivity index (χ2n) is 3.95. The van der Waals surface area contributed by atoms with E-state index in [9.17, 15) is 8.78 Å². The maximum absolute atomic E-state index is 13.6. The fraction of sp³-hybridized carbons (Fsp3) is 0.333. The number of hydrogen-bond acceptors (Lipinski definition) is 1. The Bertz CT molecular complexity index is 424. The maximum Gasteiger partial charge on any atom is 0.166 e. The zero-order chi connectivity index (χ0) is 11.0. The molecular weight excluding hydrogens is 196 g/mol. The maximum atomic E-state index is 13.6. The highest BCUT2D eigenvalue weighted by atomic mass is 19.2. The Morgan fingerprint density at radius 3 is 2.60 bits per heavy atom. The standard InChI is InChI=1S/C12H13F2N/c1-7-2-5-10(12(14)11(7)13)8-3-4-9(15)6-8/h2,5-6,9H,3-4,15H2,1H3. The molecule has 1 aromatic carbocycles. The van der Waals surface area contributed by atoms with E-state index in [4.69, 9.17) is 5.73 Å². The quantitative estimate of drug-likeness (QED) is 0.756. The highest BCUT2D eigenvalue weighted by Gasteiger charge is 2.18. The first-order valence-corrected chi connectivity index (χ1v) is 5.01. The lowest BCUT2D eigenvalue weighted by Crippen LogP contribution is -2.11. The number of hydrogen-bond donors (Lipinski definition) is 1. The van der Waals surface area contributed by atoms with Gasteiger partial charge >= 0.3 is 0 Å². The normalized spacial score (nSPS) is 20.5. The summed E-state index contributed by atoms with van der Waals surface area (Å²) in [6, 6.07) is 3.19. The summed E-state index contributed by atoms with van der Waals surface area (Å²) >= 11 is 0. The smallest absolute Gasteiger partial charge is 0.166 e. The summed E-state index contributed by atoms with van der Waals surface area (Å²) < 4.78 is 26.9. The molecule has 0 fully saturated rings. The molecule has 0 aliphatic heterocycles. The van der Waals surface area contributed by atoms with Crippen LogP contribution in [0.25, 0.3) is 5.57 Å². The van der Waals surface area contributed by atoms with Crippen LogP contribution in [0.2, 0.25) is 0 Å². The summed E-state index contributed by atoms with van der Waals surface area (Å²) in [6.45, 7) is 1.55. The Balaban J connectivity index is 2.46. The zero-order valence-electron chi connectivity index (χ0n) is 8.56. The highest BCUT2D eigenvalue weighted by Crippen LogP contribution is 2.30. The molecule has 1 aliphatic carbocycles. The van der Waals surface area contributed by atoms with Gasteiger partial charge in [0.25, 0.3) is 0 Å². The van der Waals surface area contributed by atoms with Crippen LogP contribution >= 0.6 is 0 Å². The predicted molar refractivity (Wildman–Crippen MR) is 56.3 cm³/mol. The minimum absolute atomic E-state index is 0.0243. The van der Waals surface area contributed by atoms with Crippen LogP contribution in [0.4, 0.5) is 8.78 Å². The summed E-state index contributed by atoms with van der Waals surface area (Å²) in [6.07, 6.45) is 3.35. The SMILES string of the molecule is Cc1ccc(C2=CC(N)CC2)c(F)c1F. The Kier molecular flexibility index (Phi) is 2.57. The molecule has 1 nitrogen and oxygen atoms in total. The molecule has 1 aliphatic rings. The summed E-state index contributed by atoms with van der Waals surface area (Å²) in [4.78, 5) is 0. The first-order valence-electron chi connectivity index (χ1n) is 5.01. The van der Waals surface area contributed by atoms with Crippen LogP contribution in [-0.2, 0) is 0 Å². The number of halogens is 2. The molecule has 2 rings (SSSR count). The number of nitrogens with two attached hydrogens (primary N) is 1. The molecule has 0 bridgehead atoms. The van der Waals surface area contributed by atoms with Crippen molar-refractivity contribution >= 4 is 5.57 Å². The lowest BCUT2D eigenvalue weighted by molar-refractivity contribution is 0.500. The van der Waals surface area contributed by atoms with Gasteiger partial charge in [-0.1, -0.05) is 18.2 Å². The second kappa shape index (κ2) is 3.74. The minimum atomic E-state index is -0.756. The first kappa shape index (κ1) is 10.3. The van der Waals surface area contributed by atoms with Crippen molar-refractivity contribution in [3.8, 4) is 0 Å². The first-order chi connectivity index (χ1) is 7.09. The van der Waals surface area contributed by atoms with E-state index in [-0.39, 0.29) is 6.04 Å². The monoisotopic (exact) mass is 209 g/mol. The molecular formula is C12H13F2N. The Labute approximate surface area is 87.6 Å². The van der Waals surface area contributed by atoms with Gasteiger partial charge in [0.1, 0.15) is 0 Å². The van der Waals surface area contributed by atoms with Crippen molar-refractivity contribution in [1.82, 2.24) is 0 Å². The fourth-order valence-electron chi connectivity index (χ4n) is 1.87. The van der Waals surface area contributed by atoms with Gasteiger partial charge in [0.05, 0.1) is 0 Å². The number of allylic oxidation sites excluding steroid dienone is 1. The molecule has 1 unspecified atom stereocenters. The lowest BCUT2D eigenvalue weighted by Gasteiger charge is -2.06. The van der Waals surface area contributed by atoms with E-state index in [1.54, 1.807) is 19.1 Å². The molecule has 0 amide bonds. The molecule has 0 spiro atoms. The second-order valence-corrected chi connectivity index (χ2v) is 3.95. The number of aryl methyl sites for hydroxylation is 1. The van der Waals surface area contributed by atoms with Crippen LogP contribution < -0.4 is 5.73 Å². The molecule has 1 atom stereocenters. The van der Waals surface area contributed by atoms with E-state index < -0.39 is 11.6 Å². The fourth-order valence-corrected chi connectivity index (χ4v) is 1.87. The molecule has 0 heterocycles. The van der Waals surface area contributed by atoms with Gasteiger partial charge in [0.15, 0.2) is 11.6 Å². The predicted octanol–water partition coefficient (Wildman–Crippen LogP) is 2.78. The summed E-state index contributed by atoms with van der Waals surface area (Å²) in [5, 5.41) is 0. The third-order valence-electron chi connectivity index (χ3n) is 2.78. The van der Waals surface area contributed by atoms with Crippen LogP contribution in [-0.4, -0.2) is 6.04 Å². The summed E-state index contributed by atoms with van der Waals surface area (Å²) in [5.74, 6) is -1.51. The van der Waals surface area contributed by atoms with E-state index in [2.05, 4.69) is 0 Å². The van der Waals surface area contributed by atoms with Gasteiger partial charge in [0, 0.05) is 11.6 Å². The molecule has 0 saturated heterocycles. The van der Waals surface area contributed by atoms with Crippen LogP contribution in [0.15, 0.2) is 18.2 Å². The minimum Gasteiger partial charge on any atom is -0.324 e. The van der Waals surface area contributed by atoms with Gasteiger partial charge in [-0.25, -0.2) is 8.78 Å². The zero-order valence-corrected chi connectivity index (χ0v) is 8.56. The van der Waals surface area contributed by atoms with Crippen molar-refractivity contribution in [2.24, 2.45) is 5.73 Å². The van der Waals surface area contributed by atoms with Gasteiger partial charge in [-0.3, -0.25) is 0 Å².